The van der Waals surface area contributed by atoms with Gasteiger partial charge in [-0.1, -0.05) is 17.7 Å². The molecule has 1 N–H and O–H groups in total. The van der Waals surface area contributed by atoms with Crippen LogP contribution >= 0.6 is 22.9 Å². The van der Waals surface area contributed by atoms with Crippen molar-refractivity contribution >= 4 is 22.9 Å². The van der Waals surface area contributed by atoms with E-state index in [4.69, 9.17) is 11.6 Å². The lowest BCUT2D eigenvalue weighted by Crippen LogP contribution is -2.28. The lowest BCUT2D eigenvalue weighted by molar-refractivity contribution is 0.0948. The molecule has 0 bridgehead atoms. The van der Waals surface area contributed by atoms with Gasteiger partial charge in [0.15, 0.2) is 0 Å². The predicted octanol–water partition coefficient (Wildman–Crippen LogP) is 2.42. The summed E-state index contributed by atoms with van der Waals surface area (Å²) in [5.74, 6) is 0. The van der Waals surface area contributed by atoms with Gasteiger partial charge in [0.25, 0.3) is 0 Å². The Morgan fingerprint density at radius 3 is 2.84 bits per heavy atom. The Balaban J connectivity index is 2.36. The Hall–Kier alpha value is -0.880. The van der Waals surface area contributed by atoms with E-state index in [9.17, 15) is 5.11 Å². The molecular formula is C13H18ClN3OS. The third-order valence-corrected chi connectivity index (χ3v) is 4.37. The van der Waals surface area contributed by atoms with E-state index < -0.39 is 5.60 Å². The summed E-state index contributed by atoms with van der Waals surface area (Å²) in [6.45, 7) is 3.29. The van der Waals surface area contributed by atoms with Gasteiger partial charge in [0.1, 0.15) is 5.60 Å². The van der Waals surface area contributed by atoms with Gasteiger partial charge >= 0.3 is 0 Å². The standard InChI is InChI=1S/C13H18ClN3OS/c1-13(18,11-5-4-8-19-11)12-10(14)9-15-17(12)7-6-16(2)3/h4-5,8-9,18H,6-7H2,1-3H3. The van der Waals surface area contributed by atoms with Gasteiger partial charge in [-0.05, 0) is 32.5 Å². The Labute approximate surface area is 122 Å². The highest BCUT2D eigenvalue weighted by atomic mass is 35.5. The summed E-state index contributed by atoms with van der Waals surface area (Å²) in [7, 11) is 4.00. The van der Waals surface area contributed by atoms with E-state index in [1.807, 2.05) is 31.6 Å². The second kappa shape index (κ2) is 5.63. The number of likely N-dealkylation sites (N-methyl/N-ethyl adjacent to an activating group) is 1. The molecule has 0 saturated heterocycles. The number of thiophene rings is 1. The Morgan fingerprint density at radius 2 is 2.26 bits per heavy atom. The Kier molecular flexibility index (Phi) is 4.30. The van der Waals surface area contributed by atoms with Crippen molar-refractivity contribution in [3.8, 4) is 0 Å². The summed E-state index contributed by atoms with van der Waals surface area (Å²) in [5.41, 5.74) is -0.466. The van der Waals surface area contributed by atoms with Crippen LogP contribution in [0.1, 0.15) is 17.5 Å². The van der Waals surface area contributed by atoms with Crippen LogP contribution in [0.4, 0.5) is 0 Å². The summed E-state index contributed by atoms with van der Waals surface area (Å²) >= 11 is 7.72. The second-order valence-electron chi connectivity index (χ2n) is 4.92. The van der Waals surface area contributed by atoms with Crippen LogP contribution in [0.3, 0.4) is 0 Å². The maximum atomic E-state index is 10.8. The van der Waals surface area contributed by atoms with E-state index in [1.165, 1.54) is 11.3 Å². The molecule has 0 aliphatic carbocycles. The summed E-state index contributed by atoms with van der Waals surface area (Å²) in [4.78, 5) is 2.93. The monoisotopic (exact) mass is 299 g/mol. The fourth-order valence-electron chi connectivity index (χ4n) is 1.98. The van der Waals surface area contributed by atoms with Crippen LogP contribution in [0.2, 0.25) is 5.02 Å². The van der Waals surface area contributed by atoms with E-state index in [0.29, 0.717) is 17.3 Å². The van der Waals surface area contributed by atoms with Crippen molar-refractivity contribution in [1.29, 1.82) is 0 Å². The van der Waals surface area contributed by atoms with Crippen molar-refractivity contribution in [2.75, 3.05) is 20.6 Å². The lowest BCUT2D eigenvalue weighted by Gasteiger charge is -2.24. The van der Waals surface area contributed by atoms with E-state index in [1.54, 1.807) is 17.8 Å². The molecule has 19 heavy (non-hydrogen) atoms. The second-order valence-corrected chi connectivity index (χ2v) is 6.27. The largest absolute Gasteiger partial charge is 0.378 e. The van der Waals surface area contributed by atoms with Crippen molar-refractivity contribution in [1.82, 2.24) is 14.7 Å². The highest BCUT2D eigenvalue weighted by molar-refractivity contribution is 7.10. The van der Waals surface area contributed by atoms with Gasteiger partial charge in [-0.2, -0.15) is 5.10 Å². The summed E-state index contributed by atoms with van der Waals surface area (Å²) < 4.78 is 1.78. The molecule has 0 aliphatic heterocycles. The number of aliphatic hydroxyl groups is 1. The lowest BCUT2D eigenvalue weighted by atomic mass is 10.0. The van der Waals surface area contributed by atoms with Crippen molar-refractivity contribution < 1.29 is 5.11 Å². The third-order valence-electron chi connectivity index (χ3n) is 3.02. The molecule has 104 valence electrons. The molecule has 1 atom stereocenters. The Bertz CT molecular complexity index is 534. The minimum absolute atomic E-state index is 0.497. The van der Waals surface area contributed by atoms with Gasteiger partial charge in [0, 0.05) is 11.4 Å². The van der Waals surface area contributed by atoms with Crippen molar-refractivity contribution in [2.45, 2.75) is 19.1 Å². The fraction of sp³-hybridized carbons (Fsp3) is 0.462. The average Bonchev–Trinajstić information content (AvgIpc) is 2.95. The van der Waals surface area contributed by atoms with E-state index >= 15 is 0 Å². The predicted molar refractivity (Wildman–Crippen MR) is 78.8 cm³/mol. The number of hydrogen-bond acceptors (Lipinski definition) is 4. The van der Waals surface area contributed by atoms with Crippen LogP contribution < -0.4 is 0 Å². The van der Waals surface area contributed by atoms with Crippen molar-refractivity contribution in [2.24, 2.45) is 0 Å². The number of aromatic nitrogens is 2. The number of rotatable bonds is 5. The first-order chi connectivity index (χ1) is 8.93. The summed E-state index contributed by atoms with van der Waals surface area (Å²) in [5, 5.41) is 17.5. The molecule has 0 saturated carbocycles. The minimum atomic E-state index is -1.12. The van der Waals surface area contributed by atoms with Crippen LogP contribution in [-0.4, -0.2) is 40.4 Å². The zero-order valence-electron chi connectivity index (χ0n) is 11.3. The highest BCUT2D eigenvalue weighted by Gasteiger charge is 2.33. The molecule has 0 radical (unpaired) electrons. The third kappa shape index (κ3) is 3.00. The normalized spacial score (nSPS) is 14.8. The van der Waals surface area contributed by atoms with Crippen LogP contribution in [-0.2, 0) is 12.1 Å². The van der Waals surface area contributed by atoms with Gasteiger partial charge in [-0.25, -0.2) is 0 Å². The van der Waals surface area contributed by atoms with Gasteiger partial charge in [-0.15, -0.1) is 11.3 Å². The van der Waals surface area contributed by atoms with E-state index in [0.717, 1.165) is 11.4 Å². The maximum Gasteiger partial charge on any atom is 0.139 e. The molecule has 0 fully saturated rings. The molecule has 0 amide bonds. The molecule has 0 spiro atoms. The van der Waals surface area contributed by atoms with Crippen LogP contribution in [0.5, 0.6) is 0 Å². The average molecular weight is 300 g/mol. The van der Waals surface area contributed by atoms with Crippen LogP contribution in [0.25, 0.3) is 0 Å². The topological polar surface area (TPSA) is 41.3 Å². The SMILES string of the molecule is CN(C)CCn1ncc(Cl)c1C(C)(O)c1cccs1. The van der Waals surface area contributed by atoms with Gasteiger partial charge in [0.2, 0.25) is 0 Å². The van der Waals surface area contributed by atoms with Crippen LogP contribution in [0, 0.1) is 0 Å². The van der Waals surface area contributed by atoms with E-state index in [-0.39, 0.29) is 0 Å². The summed E-state index contributed by atoms with van der Waals surface area (Å²) in [6.07, 6.45) is 1.59. The number of hydrogen-bond donors (Lipinski definition) is 1. The molecule has 0 aromatic carbocycles. The molecular weight excluding hydrogens is 282 g/mol. The zero-order chi connectivity index (χ0) is 14.0. The van der Waals surface area contributed by atoms with Crippen molar-refractivity contribution in [3.05, 3.63) is 39.3 Å². The Morgan fingerprint density at radius 1 is 1.53 bits per heavy atom. The highest BCUT2D eigenvalue weighted by Crippen LogP contribution is 2.36. The fourth-order valence-corrected chi connectivity index (χ4v) is 3.10. The molecule has 0 aliphatic rings. The van der Waals surface area contributed by atoms with Gasteiger partial charge < -0.3 is 10.0 Å². The molecule has 1 unspecified atom stereocenters. The van der Waals surface area contributed by atoms with Crippen LogP contribution in [0.15, 0.2) is 23.7 Å². The first kappa shape index (κ1) is 14.5. The number of nitrogens with zero attached hydrogens (tertiary/aromatic N) is 3. The smallest absolute Gasteiger partial charge is 0.139 e. The molecule has 2 rings (SSSR count). The number of halogens is 1. The van der Waals surface area contributed by atoms with Crippen molar-refractivity contribution in [3.63, 3.8) is 0 Å². The van der Waals surface area contributed by atoms with Gasteiger partial charge in [0.05, 0.1) is 23.5 Å². The molecule has 2 aromatic rings. The molecule has 2 aromatic heterocycles. The quantitative estimate of drug-likeness (QED) is 0.922. The molecule has 4 nitrogen and oxygen atoms in total. The first-order valence-corrected chi connectivity index (χ1v) is 7.31. The molecule has 2 heterocycles. The first-order valence-electron chi connectivity index (χ1n) is 6.06. The maximum absolute atomic E-state index is 10.8. The summed E-state index contributed by atoms with van der Waals surface area (Å²) in [6, 6.07) is 3.83. The molecule has 6 heteroatoms. The van der Waals surface area contributed by atoms with Gasteiger partial charge in [-0.3, -0.25) is 4.68 Å². The van der Waals surface area contributed by atoms with E-state index in [2.05, 4.69) is 10.00 Å². The minimum Gasteiger partial charge on any atom is -0.378 e. The zero-order valence-corrected chi connectivity index (χ0v) is 12.9.